The Bertz CT molecular complexity index is 359. The summed E-state index contributed by atoms with van der Waals surface area (Å²) < 4.78 is 6.08. The van der Waals surface area contributed by atoms with E-state index in [1.807, 2.05) is 0 Å². The average Bonchev–Trinajstić information content (AvgIpc) is 2.20. The molecule has 0 atom stereocenters. The Morgan fingerprint density at radius 1 is 1.53 bits per heavy atom. The van der Waals surface area contributed by atoms with E-state index in [0.29, 0.717) is 16.8 Å². The number of nitro groups is 1. The van der Waals surface area contributed by atoms with Crippen LogP contribution < -0.4 is 4.74 Å². The summed E-state index contributed by atoms with van der Waals surface area (Å²) in [5.41, 5.74) is 0.0269. The van der Waals surface area contributed by atoms with Crippen LogP contribution in [0.1, 0.15) is 6.42 Å². The van der Waals surface area contributed by atoms with Crippen molar-refractivity contribution in [1.82, 2.24) is 0 Å². The topological polar surface area (TPSA) is 52.4 Å². The summed E-state index contributed by atoms with van der Waals surface area (Å²) in [6, 6.07) is 4.44. The van der Waals surface area contributed by atoms with E-state index in [2.05, 4.69) is 28.6 Å². The maximum atomic E-state index is 10.5. The van der Waals surface area contributed by atoms with Gasteiger partial charge < -0.3 is 4.74 Å². The fourth-order valence-corrected chi connectivity index (χ4v) is 1.45. The highest BCUT2D eigenvalue weighted by atomic mass is 79.9. The largest absolute Gasteiger partial charge is 0.492 e. The maximum absolute atomic E-state index is 10.5. The zero-order valence-corrected chi connectivity index (χ0v) is 10.3. The van der Waals surface area contributed by atoms with Crippen LogP contribution in [0.5, 0.6) is 5.75 Å². The molecule has 0 bridgehead atoms. The third-order valence-electron chi connectivity index (χ3n) is 1.69. The lowest BCUT2D eigenvalue weighted by Gasteiger charge is -2.06. The van der Waals surface area contributed by atoms with Crippen molar-refractivity contribution in [1.29, 1.82) is 0 Å². The second-order valence-corrected chi connectivity index (χ2v) is 4.10. The van der Waals surface area contributed by atoms with Crippen molar-refractivity contribution in [3.63, 3.8) is 0 Å². The molecule has 6 heteroatoms. The van der Waals surface area contributed by atoms with Crippen molar-refractivity contribution in [2.75, 3.05) is 12.4 Å². The van der Waals surface area contributed by atoms with Gasteiger partial charge >= 0.3 is 0 Å². The van der Waals surface area contributed by atoms with Crippen LogP contribution in [0.15, 0.2) is 22.7 Å². The third kappa shape index (κ3) is 3.71. The molecule has 0 N–H and O–H groups in total. The molecule has 15 heavy (non-hydrogen) atoms. The highest BCUT2D eigenvalue weighted by molar-refractivity contribution is 9.10. The van der Waals surface area contributed by atoms with Crippen molar-refractivity contribution in [3.05, 3.63) is 32.8 Å². The van der Waals surface area contributed by atoms with Gasteiger partial charge in [0.2, 0.25) is 0 Å². The van der Waals surface area contributed by atoms with Gasteiger partial charge in [-0.2, -0.15) is 12.6 Å². The van der Waals surface area contributed by atoms with E-state index in [0.717, 1.165) is 12.2 Å². The second-order valence-electron chi connectivity index (χ2n) is 2.80. The summed E-state index contributed by atoms with van der Waals surface area (Å²) >= 11 is 7.31. The molecule has 0 heterocycles. The van der Waals surface area contributed by atoms with Crippen molar-refractivity contribution in [2.45, 2.75) is 6.42 Å². The molecule has 0 spiro atoms. The highest BCUT2D eigenvalue weighted by Gasteiger charge is 2.09. The molecule has 0 aliphatic heterocycles. The van der Waals surface area contributed by atoms with E-state index in [1.165, 1.54) is 12.1 Å². The van der Waals surface area contributed by atoms with E-state index in [9.17, 15) is 10.1 Å². The summed E-state index contributed by atoms with van der Waals surface area (Å²) in [7, 11) is 0. The minimum Gasteiger partial charge on any atom is -0.492 e. The van der Waals surface area contributed by atoms with Gasteiger partial charge in [-0.3, -0.25) is 10.1 Å². The molecule has 0 aromatic heterocycles. The normalized spacial score (nSPS) is 10.0. The number of benzene rings is 1. The fraction of sp³-hybridized carbons (Fsp3) is 0.333. The van der Waals surface area contributed by atoms with Crippen LogP contribution in [0.25, 0.3) is 0 Å². The molecule has 1 rings (SSSR count). The molecule has 1 aromatic carbocycles. The molecular weight excluding hydrogens is 282 g/mol. The zero-order valence-electron chi connectivity index (χ0n) is 7.85. The maximum Gasteiger partial charge on any atom is 0.273 e. The summed E-state index contributed by atoms with van der Waals surface area (Å²) in [4.78, 5) is 10.1. The lowest BCUT2D eigenvalue weighted by molar-refractivity contribution is -0.385. The molecule has 0 fully saturated rings. The van der Waals surface area contributed by atoms with Crippen LogP contribution >= 0.6 is 28.6 Å². The van der Waals surface area contributed by atoms with E-state index in [4.69, 9.17) is 4.74 Å². The Balaban J connectivity index is 2.76. The van der Waals surface area contributed by atoms with Gasteiger partial charge in [0.05, 0.1) is 22.1 Å². The van der Waals surface area contributed by atoms with E-state index in [1.54, 1.807) is 6.07 Å². The van der Waals surface area contributed by atoms with Crippen LogP contribution in [-0.2, 0) is 0 Å². The quantitative estimate of drug-likeness (QED) is 0.393. The van der Waals surface area contributed by atoms with Gasteiger partial charge in [0.25, 0.3) is 5.69 Å². The van der Waals surface area contributed by atoms with Crippen LogP contribution in [-0.4, -0.2) is 17.3 Å². The number of nitrogens with zero attached hydrogens (tertiary/aromatic N) is 1. The second kappa shape index (κ2) is 5.97. The molecular formula is C9H10BrNO3S. The average molecular weight is 292 g/mol. The minimum absolute atomic E-state index is 0.0269. The molecule has 0 unspecified atom stereocenters. The third-order valence-corrected chi connectivity index (χ3v) is 2.66. The Morgan fingerprint density at radius 2 is 2.27 bits per heavy atom. The van der Waals surface area contributed by atoms with E-state index >= 15 is 0 Å². The van der Waals surface area contributed by atoms with E-state index in [-0.39, 0.29) is 5.69 Å². The van der Waals surface area contributed by atoms with Crippen LogP contribution in [0.3, 0.4) is 0 Å². The first-order chi connectivity index (χ1) is 7.15. The highest BCUT2D eigenvalue weighted by Crippen LogP contribution is 2.29. The molecule has 0 saturated heterocycles. The van der Waals surface area contributed by atoms with Gasteiger partial charge in [-0.1, -0.05) is 0 Å². The van der Waals surface area contributed by atoms with Crippen LogP contribution in [0.2, 0.25) is 0 Å². The monoisotopic (exact) mass is 291 g/mol. The Labute approximate surface area is 101 Å². The van der Waals surface area contributed by atoms with Gasteiger partial charge in [-0.25, -0.2) is 0 Å². The number of hydrogen-bond donors (Lipinski definition) is 1. The SMILES string of the molecule is O=[N+]([O-])c1ccc(Br)c(OCCCS)c1. The Hall–Kier alpha value is -0.750. The Morgan fingerprint density at radius 3 is 2.87 bits per heavy atom. The van der Waals surface area contributed by atoms with Crippen LogP contribution in [0.4, 0.5) is 5.69 Å². The molecule has 0 radical (unpaired) electrons. The van der Waals surface area contributed by atoms with Gasteiger partial charge in [0, 0.05) is 6.07 Å². The molecule has 0 aliphatic rings. The fourth-order valence-electron chi connectivity index (χ4n) is 0.963. The van der Waals surface area contributed by atoms with Crippen LogP contribution in [0, 0.1) is 10.1 Å². The summed E-state index contributed by atoms with van der Waals surface area (Å²) in [6.45, 7) is 0.503. The van der Waals surface area contributed by atoms with Crippen molar-refractivity contribution >= 4 is 34.2 Å². The summed E-state index contributed by atoms with van der Waals surface area (Å²) in [5, 5.41) is 10.5. The molecule has 0 aliphatic carbocycles. The smallest absolute Gasteiger partial charge is 0.273 e. The minimum atomic E-state index is -0.447. The Kier molecular flexibility index (Phi) is 4.90. The predicted octanol–water partition coefficient (Wildman–Crippen LogP) is 3.06. The van der Waals surface area contributed by atoms with Gasteiger partial charge in [-0.05, 0) is 34.2 Å². The number of nitro benzene ring substituents is 1. The first-order valence-electron chi connectivity index (χ1n) is 4.32. The predicted molar refractivity (Wildman–Crippen MR) is 64.8 cm³/mol. The van der Waals surface area contributed by atoms with Gasteiger partial charge in [0.1, 0.15) is 5.75 Å². The van der Waals surface area contributed by atoms with Gasteiger partial charge in [-0.15, -0.1) is 0 Å². The molecule has 0 amide bonds. The number of rotatable bonds is 5. The zero-order chi connectivity index (χ0) is 11.3. The number of ether oxygens (including phenoxy) is 1. The first kappa shape index (κ1) is 12.3. The molecule has 82 valence electrons. The molecule has 1 aromatic rings. The van der Waals surface area contributed by atoms with Gasteiger partial charge in [0.15, 0.2) is 0 Å². The number of halogens is 1. The first-order valence-corrected chi connectivity index (χ1v) is 5.75. The lowest BCUT2D eigenvalue weighted by atomic mass is 10.3. The number of hydrogen-bond acceptors (Lipinski definition) is 4. The van der Waals surface area contributed by atoms with Crippen molar-refractivity contribution < 1.29 is 9.66 Å². The lowest BCUT2D eigenvalue weighted by Crippen LogP contribution is -1.99. The van der Waals surface area contributed by atoms with E-state index < -0.39 is 4.92 Å². The summed E-state index contributed by atoms with van der Waals surface area (Å²) in [5.74, 6) is 1.22. The van der Waals surface area contributed by atoms with Crippen molar-refractivity contribution in [3.8, 4) is 5.75 Å². The summed E-state index contributed by atoms with van der Waals surface area (Å²) in [6.07, 6.45) is 0.804. The number of non-ortho nitro benzene ring substituents is 1. The standard InChI is InChI=1S/C9H10BrNO3S/c10-8-3-2-7(11(12)13)6-9(8)14-4-1-5-15/h2-3,6,15H,1,4-5H2. The number of thiol groups is 1. The molecule has 0 saturated carbocycles. The molecule has 4 nitrogen and oxygen atoms in total. The van der Waals surface area contributed by atoms with Crippen molar-refractivity contribution in [2.24, 2.45) is 0 Å².